The average Bonchev–Trinajstić information content (AvgIpc) is 2.75. The molecule has 5 heteroatoms. The van der Waals surface area contributed by atoms with Crippen molar-refractivity contribution < 1.29 is 9.59 Å². The number of nitrogens with one attached hydrogen (secondary N) is 1. The first-order valence-corrected chi connectivity index (χ1v) is 5.89. The molecule has 3 amide bonds. The molecule has 0 radical (unpaired) electrons. The summed E-state index contributed by atoms with van der Waals surface area (Å²) in [6, 6.07) is 0.340. The van der Waals surface area contributed by atoms with Gasteiger partial charge in [-0.25, -0.2) is 4.79 Å². The van der Waals surface area contributed by atoms with E-state index in [2.05, 4.69) is 24.1 Å². The fourth-order valence-corrected chi connectivity index (χ4v) is 2.42. The molecule has 0 aromatic carbocycles. The van der Waals surface area contributed by atoms with Crippen molar-refractivity contribution in [2.24, 2.45) is 5.92 Å². The second kappa shape index (κ2) is 4.41. The van der Waals surface area contributed by atoms with Crippen LogP contribution in [0.1, 0.15) is 20.3 Å². The third-order valence-corrected chi connectivity index (χ3v) is 3.39. The van der Waals surface area contributed by atoms with Crippen molar-refractivity contribution >= 4 is 11.9 Å². The quantitative estimate of drug-likeness (QED) is 0.701. The molecule has 0 spiro atoms. The van der Waals surface area contributed by atoms with Gasteiger partial charge >= 0.3 is 6.03 Å². The molecule has 0 aromatic heterocycles. The first kappa shape index (κ1) is 11.4. The number of urea groups is 1. The van der Waals surface area contributed by atoms with Crippen LogP contribution in [0.3, 0.4) is 0 Å². The largest absolute Gasteiger partial charge is 0.324 e. The summed E-state index contributed by atoms with van der Waals surface area (Å²) in [7, 11) is 0. The highest BCUT2D eigenvalue weighted by Gasteiger charge is 2.31. The van der Waals surface area contributed by atoms with Crippen molar-refractivity contribution in [2.75, 3.05) is 26.2 Å². The SMILES string of the molecule is CC(C)N1CCC(CN2CC(=O)NC2=O)C1. The average molecular weight is 225 g/mol. The van der Waals surface area contributed by atoms with Gasteiger partial charge in [0, 0.05) is 19.1 Å². The van der Waals surface area contributed by atoms with Crippen molar-refractivity contribution in [1.29, 1.82) is 0 Å². The van der Waals surface area contributed by atoms with E-state index in [0.717, 1.165) is 19.5 Å². The van der Waals surface area contributed by atoms with Crippen molar-refractivity contribution in [3.63, 3.8) is 0 Å². The Labute approximate surface area is 95.8 Å². The number of likely N-dealkylation sites (tertiary alicyclic amines) is 1. The van der Waals surface area contributed by atoms with E-state index in [0.29, 0.717) is 18.5 Å². The summed E-state index contributed by atoms with van der Waals surface area (Å²) in [5.74, 6) is 0.336. The zero-order valence-electron chi connectivity index (χ0n) is 9.90. The lowest BCUT2D eigenvalue weighted by atomic mass is 10.1. The van der Waals surface area contributed by atoms with Crippen molar-refractivity contribution in [1.82, 2.24) is 15.1 Å². The topological polar surface area (TPSA) is 52.6 Å². The van der Waals surface area contributed by atoms with Gasteiger partial charge in [0.05, 0.1) is 0 Å². The third-order valence-electron chi connectivity index (χ3n) is 3.39. The molecule has 0 saturated carbocycles. The van der Waals surface area contributed by atoms with E-state index >= 15 is 0 Å². The summed E-state index contributed by atoms with van der Waals surface area (Å²) in [4.78, 5) is 26.4. The third kappa shape index (κ3) is 2.35. The molecular formula is C11H19N3O2. The van der Waals surface area contributed by atoms with Crippen LogP contribution in [0.25, 0.3) is 0 Å². The van der Waals surface area contributed by atoms with E-state index in [-0.39, 0.29) is 18.5 Å². The van der Waals surface area contributed by atoms with E-state index in [1.807, 2.05) is 0 Å². The molecular weight excluding hydrogens is 206 g/mol. The Bertz CT molecular complexity index is 304. The Hall–Kier alpha value is -1.10. The molecule has 1 unspecified atom stereocenters. The standard InChI is InChI=1S/C11H19N3O2/c1-8(2)13-4-3-9(5-13)6-14-7-10(15)12-11(14)16/h8-9H,3-7H2,1-2H3,(H,12,15,16). The fourth-order valence-electron chi connectivity index (χ4n) is 2.42. The maximum Gasteiger partial charge on any atom is 0.324 e. The van der Waals surface area contributed by atoms with Crippen LogP contribution in [0.2, 0.25) is 0 Å². The summed E-state index contributed by atoms with van der Waals surface area (Å²) in [5.41, 5.74) is 0. The second-order valence-electron chi connectivity index (χ2n) is 4.98. The number of imide groups is 1. The molecule has 1 N–H and O–H groups in total. The Morgan fingerprint density at radius 2 is 2.19 bits per heavy atom. The number of hydrogen-bond acceptors (Lipinski definition) is 3. The maximum atomic E-state index is 11.4. The molecule has 90 valence electrons. The minimum absolute atomic E-state index is 0.177. The molecule has 0 aliphatic carbocycles. The van der Waals surface area contributed by atoms with Gasteiger partial charge in [-0.05, 0) is 32.7 Å². The van der Waals surface area contributed by atoms with Gasteiger partial charge in [0.25, 0.3) is 0 Å². The molecule has 2 heterocycles. The van der Waals surface area contributed by atoms with Crippen LogP contribution < -0.4 is 5.32 Å². The first-order valence-electron chi connectivity index (χ1n) is 5.89. The van der Waals surface area contributed by atoms with E-state index in [9.17, 15) is 9.59 Å². The van der Waals surface area contributed by atoms with E-state index in [1.54, 1.807) is 4.90 Å². The van der Waals surface area contributed by atoms with Crippen molar-refractivity contribution in [2.45, 2.75) is 26.3 Å². The Morgan fingerprint density at radius 3 is 2.69 bits per heavy atom. The van der Waals surface area contributed by atoms with Crippen LogP contribution in [-0.4, -0.2) is 54.0 Å². The molecule has 0 aromatic rings. The molecule has 0 bridgehead atoms. The number of nitrogens with zero attached hydrogens (tertiary/aromatic N) is 2. The minimum atomic E-state index is -0.229. The summed E-state index contributed by atoms with van der Waals surface area (Å²) in [6.45, 7) is 7.46. The molecule has 16 heavy (non-hydrogen) atoms. The predicted molar refractivity (Wildman–Crippen MR) is 59.9 cm³/mol. The smallest absolute Gasteiger partial charge is 0.315 e. The van der Waals surface area contributed by atoms with Crippen molar-refractivity contribution in [3.05, 3.63) is 0 Å². The van der Waals surface area contributed by atoms with E-state index < -0.39 is 0 Å². The Morgan fingerprint density at radius 1 is 1.44 bits per heavy atom. The monoisotopic (exact) mass is 225 g/mol. The van der Waals surface area contributed by atoms with E-state index in [1.165, 1.54) is 0 Å². The predicted octanol–water partition coefficient (Wildman–Crippen LogP) is 0.269. The van der Waals surface area contributed by atoms with Crippen LogP contribution >= 0.6 is 0 Å². The van der Waals surface area contributed by atoms with Crippen LogP contribution in [0.5, 0.6) is 0 Å². The number of rotatable bonds is 3. The zero-order chi connectivity index (χ0) is 11.7. The van der Waals surface area contributed by atoms with Gasteiger partial charge in [-0.3, -0.25) is 10.1 Å². The molecule has 2 saturated heterocycles. The summed E-state index contributed by atoms with van der Waals surface area (Å²) >= 11 is 0. The molecule has 2 rings (SSSR count). The van der Waals surface area contributed by atoms with Crippen LogP contribution in [0, 0.1) is 5.92 Å². The summed E-state index contributed by atoms with van der Waals surface area (Å²) in [5, 5.41) is 2.31. The molecule has 1 atom stereocenters. The van der Waals surface area contributed by atoms with Gasteiger partial charge in [-0.15, -0.1) is 0 Å². The van der Waals surface area contributed by atoms with Gasteiger partial charge in [0.2, 0.25) is 5.91 Å². The van der Waals surface area contributed by atoms with Crippen molar-refractivity contribution in [3.8, 4) is 0 Å². The van der Waals surface area contributed by atoms with Crippen LogP contribution in [-0.2, 0) is 4.79 Å². The fraction of sp³-hybridized carbons (Fsp3) is 0.818. The minimum Gasteiger partial charge on any atom is -0.315 e. The number of carbonyl (C=O) groups excluding carboxylic acids is 2. The molecule has 2 aliphatic rings. The highest BCUT2D eigenvalue weighted by molar-refractivity contribution is 6.01. The molecule has 5 nitrogen and oxygen atoms in total. The lowest BCUT2D eigenvalue weighted by molar-refractivity contribution is -0.118. The number of hydrogen-bond donors (Lipinski definition) is 1. The highest BCUT2D eigenvalue weighted by atomic mass is 16.2. The first-order chi connectivity index (χ1) is 7.56. The highest BCUT2D eigenvalue weighted by Crippen LogP contribution is 2.20. The van der Waals surface area contributed by atoms with Gasteiger partial charge in [0.15, 0.2) is 0 Å². The maximum absolute atomic E-state index is 11.4. The van der Waals surface area contributed by atoms with Gasteiger partial charge in [0.1, 0.15) is 6.54 Å². The Kier molecular flexibility index (Phi) is 3.14. The number of carbonyl (C=O) groups is 2. The summed E-state index contributed by atoms with van der Waals surface area (Å²) < 4.78 is 0. The number of amides is 3. The van der Waals surface area contributed by atoms with Crippen LogP contribution in [0.15, 0.2) is 0 Å². The lowest BCUT2D eigenvalue weighted by Crippen LogP contribution is -2.35. The molecule has 2 aliphatic heterocycles. The summed E-state index contributed by atoms with van der Waals surface area (Å²) in [6.07, 6.45) is 1.12. The zero-order valence-corrected chi connectivity index (χ0v) is 9.90. The van der Waals surface area contributed by atoms with Gasteiger partial charge in [-0.1, -0.05) is 0 Å². The Balaban J connectivity index is 1.83. The molecule has 2 fully saturated rings. The lowest BCUT2D eigenvalue weighted by Gasteiger charge is -2.22. The second-order valence-corrected chi connectivity index (χ2v) is 4.98. The van der Waals surface area contributed by atoms with E-state index in [4.69, 9.17) is 0 Å². The van der Waals surface area contributed by atoms with Crippen LogP contribution in [0.4, 0.5) is 4.79 Å². The normalized spacial score (nSPS) is 26.9. The van der Waals surface area contributed by atoms with Gasteiger partial charge in [-0.2, -0.15) is 0 Å². The van der Waals surface area contributed by atoms with Gasteiger partial charge < -0.3 is 9.80 Å².